The van der Waals surface area contributed by atoms with Gasteiger partial charge in [0.1, 0.15) is 5.82 Å². The van der Waals surface area contributed by atoms with Crippen molar-refractivity contribution < 1.29 is 13.9 Å². The number of carbonyl (C=O) groups is 1. The third-order valence-corrected chi connectivity index (χ3v) is 4.16. The predicted octanol–water partition coefficient (Wildman–Crippen LogP) is 3.40. The van der Waals surface area contributed by atoms with E-state index in [0.717, 1.165) is 12.1 Å². The van der Waals surface area contributed by atoms with Crippen molar-refractivity contribution in [3.05, 3.63) is 24.0 Å². The molecule has 1 amide bonds. The summed E-state index contributed by atoms with van der Waals surface area (Å²) in [4.78, 5) is 11.1. The van der Waals surface area contributed by atoms with Crippen molar-refractivity contribution in [2.45, 2.75) is 46.3 Å². The molecule has 0 bridgehead atoms. The van der Waals surface area contributed by atoms with E-state index in [9.17, 15) is 9.18 Å². The fourth-order valence-electron chi connectivity index (χ4n) is 2.72. The average Bonchev–Trinajstić information content (AvgIpc) is 2.40. The Kier molecular flexibility index (Phi) is 4.52. The lowest BCUT2D eigenvalue weighted by Crippen LogP contribution is -2.58. The first-order valence-electron chi connectivity index (χ1n) is 7.30. The Morgan fingerprint density at radius 1 is 1.48 bits per heavy atom. The molecule has 5 heteroatoms. The van der Waals surface area contributed by atoms with E-state index in [0.29, 0.717) is 6.61 Å². The summed E-state index contributed by atoms with van der Waals surface area (Å²) in [5.74, 6) is -0.720. The number of rotatable bonds is 5. The van der Waals surface area contributed by atoms with Gasteiger partial charge in [-0.05, 0) is 31.5 Å². The van der Waals surface area contributed by atoms with Crippen molar-refractivity contribution in [2.24, 2.45) is 5.41 Å². The van der Waals surface area contributed by atoms with E-state index in [4.69, 9.17) is 4.74 Å². The van der Waals surface area contributed by atoms with Crippen LogP contribution in [0.15, 0.2) is 18.2 Å². The molecule has 2 rings (SSSR count). The number of nitrogens with one attached hydrogen (secondary N) is 2. The van der Waals surface area contributed by atoms with Gasteiger partial charge in [-0.15, -0.1) is 0 Å². The highest BCUT2D eigenvalue weighted by Gasteiger charge is 2.48. The van der Waals surface area contributed by atoms with Crippen molar-refractivity contribution in [3.8, 4) is 0 Å². The zero-order valence-electron chi connectivity index (χ0n) is 13.0. The summed E-state index contributed by atoms with van der Waals surface area (Å²) in [5, 5.41) is 5.89. The van der Waals surface area contributed by atoms with Crippen LogP contribution in [0.1, 0.15) is 34.1 Å². The Morgan fingerprint density at radius 2 is 2.19 bits per heavy atom. The Morgan fingerprint density at radius 3 is 2.76 bits per heavy atom. The number of hydrogen-bond acceptors (Lipinski definition) is 3. The predicted molar refractivity (Wildman–Crippen MR) is 81.9 cm³/mol. The monoisotopic (exact) mass is 294 g/mol. The quantitative estimate of drug-likeness (QED) is 0.875. The van der Waals surface area contributed by atoms with E-state index in [1.165, 1.54) is 13.0 Å². The van der Waals surface area contributed by atoms with Gasteiger partial charge < -0.3 is 15.4 Å². The lowest BCUT2D eigenvalue weighted by atomic mass is 9.64. The largest absolute Gasteiger partial charge is 0.382 e. The molecule has 21 heavy (non-hydrogen) atoms. The minimum absolute atomic E-state index is 0.0264. The Labute approximate surface area is 125 Å². The molecule has 0 radical (unpaired) electrons. The minimum Gasteiger partial charge on any atom is -0.382 e. The number of carbonyl (C=O) groups excluding carboxylic acids is 1. The maximum absolute atomic E-state index is 13.6. The number of halogens is 1. The molecule has 0 saturated heterocycles. The standard InChI is InChI=1S/C16H23FN2O2/c1-5-21-15-9-14(16(15,3)4)19-11-6-7-12(17)13(8-11)18-10(2)20/h6-8,14-15,19H,5,9H2,1-4H3,(H,18,20). The Bertz CT molecular complexity index is 531. The molecular formula is C16H23FN2O2. The maximum Gasteiger partial charge on any atom is 0.221 e. The first kappa shape index (κ1) is 15.8. The summed E-state index contributed by atoms with van der Waals surface area (Å²) < 4.78 is 19.3. The van der Waals surface area contributed by atoms with Gasteiger partial charge in [0.25, 0.3) is 0 Å². The Balaban J connectivity index is 2.06. The summed E-state index contributed by atoms with van der Waals surface area (Å²) in [7, 11) is 0. The van der Waals surface area contributed by atoms with Gasteiger partial charge in [0.2, 0.25) is 5.91 Å². The smallest absolute Gasteiger partial charge is 0.221 e. The van der Waals surface area contributed by atoms with Gasteiger partial charge in [-0.25, -0.2) is 4.39 Å². The van der Waals surface area contributed by atoms with E-state index in [1.807, 2.05) is 6.92 Å². The molecule has 0 aliphatic heterocycles. The highest BCUT2D eigenvalue weighted by Crippen LogP contribution is 2.44. The van der Waals surface area contributed by atoms with Crippen molar-refractivity contribution in [2.75, 3.05) is 17.2 Å². The highest BCUT2D eigenvalue weighted by atomic mass is 19.1. The zero-order chi connectivity index (χ0) is 15.6. The first-order chi connectivity index (χ1) is 9.84. The lowest BCUT2D eigenvalue weighted by Gasteiger charge is -2.52. The fraction of sp³-hybridized carbons (Fsp3) is 0.562. The number of benzene rings is 1. The van der Waals surface area contributed by atoms with Crippen LogP contribution in [0.2, 0.25) is 0 Å². The summed E-state index contributed by atoms with van der Waals surface area (Å²) >= 11 is 0. The molecule has 0 aromatic heterocycles. The molecule has 2 atom stereocenters. The molecule has 1 saturated carbocycles. The summed E-state index contributed by atoms with van der Waals surface area (Å²) in [6.45, 7) is 8.39. The SMILES string of the molecule is CCOC1CC(Nc2ccc(F)c(NC(C)=O)c2)C1(C)C. The maximum atomic E-state index is 13.6. The van der Waals surface area contributed by atoms with Gasteiger partial charge in [-0.3, -0.25) is 4.79 Å². The van der Waals surface area contributed by atoms with Crippen LogP contribution in [0.25, 0.3) is 0 Å². The van der Waals surface area contributed by atoms with Crippen LogP contribution in [0, 0.1) is 11.2 Å². The summed E-state index contributed by atoms with van der Waals surface area (Å²) in [6, 6.07) is 4.94. The van der Waals surface area contributed by atoms with Crippen LogP contribution in [0.5, 0.6) is 0 Å². The first-order valence-corrected chi connectivity index (χ1v) is 7.30. The number of hydrogen-bond donors (Lipinski definition) is 2. The van der Waals surface area contributed by atoms with Crippen LogP contribution in [-0.4, -0.2) is 24.7 Å². The fourth-order valence-corrected chi connectivity index (χ4v) is 2.72. The molecule has 2 N–H and O–H groups in total. The molecule has 1 aromatic rings. The van der Waals surface area contributed by atoms with Crippen molar-refractivity contribution in [3.63, 3.8) is 0 Å². The van der Waals surface area contributed by atoms with E-state index < -0.39 is 5.82 Å². The molecule has 2 unspecified atom stereocenters. The number of amides is 1. The van der Waals surface area contributed by atoms with Crippen LogP contribution >= 0.6 is 0 Å². The normalized spacial score (nSPS) is 23.3. The zero-order valence-corrected chi connectivity index (χ0v) is 13.0. The highest BCUT2D eigenvalue weighted by molar-refractivity contribution is 5.89. The molecule has 1 fully saturated rings. The second-order valence-electron chi connectivity index (χ2n) is 6.07. The van der Waals surface area contributed by atoms with Crippen molar-refractivity contribution >= 4 is 17.3 Å². The van der Waals surface area contributed by atoms with Crippen LogP contribution in [-0.2, 0) is 9.53 Å². The summed E-state index contributed by atoms with van der Waals surface area (Å²) in [6.07, 6.45) is 1.17. The van der Waals surface area contributed by atoms with Gasteiger partial charge >= 0.3 is 0 Å². The van der Waals surface area contributed by atoms with Crippen LogP contribution in [0.3, 0.4) is 0 Å². The third-order valence-electron chi connectivity index (χ3n) is 4.16. The van der Waals surface area contributed by atoms with Crippen molar-refractivity contribution in [1.82, 2.24) is 0 Å². The molecule has 116 valence electrons. The van der Waals surface area contributed by atoms with E-state index in [-0.39, 0.29) is 29.2 Å². The second-order valence-corrected chi connectivity index (χ2v) is 6.07. The van der Waals surface area contributed by atoms with E-state index in [2.05, 4.69) is 24.5 Å². The molecule has 1 aliphatic carbocycles. The van der Waals surface area contributed by atoms with Crippen LogP contribution < -0.4 is 10.6 Å². The molecule has 0 spiro atoms. The van der Waals surface area contributed by atoms with Crippen LogP contribution in [0.4, 0.5) is 15.8 Å². The molecule has 1 aromatic carbocycles. The number of ether oxygens (including phenoxy) is 1. The van der Waals surface area contributed by atoms with Gasteiger partial charge in [-0.2, -0.15) is 0 Å². The van der Waals surface area contributed by atoms with Gasteiger partial charge in [0.15, 0.2) is 0 Å². The molecule has 0 heterocycles. The summed E-state index contributed by atoms with van der Waals surface area (Å²) in [5.41, 5.74) is 1.03. The Hall–Kier alpha value is -1.62. The second kappa shape index (κ2) is 6.02. The van der Waals surface area contributed by atoms with Gasteiger partial charge in [0.05, 0.1) is 11.8 Å². The van der Waals surface area contributed by atoms with Crippen molar-refractivity contribution in [1.29, 1.82) is 0 Å². The molecular weight excluding hydrogens is 271 g/mol. The van der Waals surface area contributed by atoms with Gasteiger partial charge in [-0.1, -0.05) is 13.8 Å². The van der Waals surface area contributed by atoms with E-state index >= 15 is 0 Å². The lowest BCUT2D eigenvalue weighted by molar-refractivity contribution is -0.114. The van der Waals surface area contributed by atoms with E-state index in [1.54, 1.807) is 12.1 Å². The molecule has 1 aliphatic rings. The molecule has 4 nitrogen and oxygen atoms in total. The van der Waals surface area contributed by atoms with Gasteiger partial charge in [0, 0.05) is 30.7 Å². The minimum atomic E-state index is -0.434. The third kappa shape index (κ3) is 3.35. The topological polar surface area (TPSA) is 50.4 Å². The average molecular weight is 294 g/mol. The number of anilines is 2.